The van der Waals surface area contributed by atoms with Gasteiger partial charge in [0.05, 0.1) is 16.5 Å². The van der Waals surface area contributed by atoms with Crippen LogP contribution in [-0.4, -0.2) is 47.3 Å². The zero-order valence-corrected chi connectivity index (χ0v) is 14.3. The van der Waals surface area contributed by atoms with E-state index in [-0.39, 0.29) is 47.2 Å². The van der Waals surface area contributed by atoms with Crippen LogP contribution in [-0.2, 0) is 0 Å². The molecule has 2 aliphatic rings. The van der Waals surface area contributed by atoms with Crippen LogP contribution >= 0.6 is 11.6 Å². The highest BCUT2D eigenvalue weighted by molar-refractivity contribution is 6.33. The van der Waals surface area contributed by atoms with Crippen molar-refractivity contribution in [2.75, 3.05) is 13.1 Å². The molecule has 1 amide bonds. The molecule has 0 aromatic heterocycles. The van der Waals surface area contributed by atoms with Gasteiger partial charge < -0.3 is 15.3 Å². The van der Waals surface area contributed by atoms with Crippen LogP contribution in [0, 0.1) is 5.92 Å². The molecule has 1 aromatic rings. The highest BCUT2D eigenvalue weighted by Gasteiger charge is 2.43. The minimum atomic E-state index is -4.09. The molecular formula is C17H20ClF3N2O2. The van der Waals surface area contributed by atoms with Gasteiger partial charge in [-0.2, -0.15) is 13.2 Å². The number of nitrogens with one attached hydrogen (secondary N) is 1. The lowest BCUT2D eigenvalue weighted by Gasteiger charge is -2.46. The molecule has 25 heavy (non-hydrogen) atoms. The molecule has 2 N–H and O–H groups in total. The van der Waals surface area contributed by atoms with E-state index in [2.05, 4.69) is 10.2 Å². The van der Waals surface area contributed by atoms with E-state index in [0.717, 1.165) is 12.8 Å². The number of aromatic hydroxyl groups is 1. The van der Waals surface area contributed by atoms with Gasteiger partial charge in [-0.3, -0.25) is 4.79 Å². The number of nitrogens with zero attached hydrogens (tertiary/aromatic N) is 1. The topological polar surface area (TPSA) is 52.6 Å². The number of carbonyl (C=O) groups excluding carboxylic acids is 1. The van der Waals surface area contributed by atoms with E-state index in [1.807, 2.05) is 0 Å². The van der Waals surface area contributed by atoms with E-state index >= 15 is 0 Å². The SMILES string of the molecule is O=C(NC1CC(N2CCC(C(F)(F)F)CC2)C1)c1cc(O)ccc1Cl. The number of likely N-dealkylation sites (tertiary alicyclic amines) is 1. The Morgan fingerprint density at radius 2 is 1.88 bits per heavy atom. The molecule has 4 nitrogen and oxygen atoms in total. The maximum Gasteiger partial charge on any atom is 0.391 e. The quantitative estimate of drug-likeness (QED) is 0.847. The summed E-state index contributed by atoms with van der Waals surface area (Å²) in [4.78, 5) is 14.3. The molecule has 0 spiro atoms. The van der Waals surface area contributed by atoms with Gasteiger partial charge in [0.25, 0.3) is 5.91 Å². The highest BCUT2D eigenvalue weighted by atomic mass is 35.5. The van der Waals surface area contributed by atoms with Crippen LogP contribution in [0.3, 0.4) is 0 Å². The molecule has 0 bridgehead atoms. The molecule has 8 heteroatoms. The summed E-state index contributed by atoms with van der Waals surface area (Å²) in [6.45, 7) is 0.905. The first-order valence-electron chi connectivity index (χ1n) is 8.34. The van der Waals surface area contributed by atoms with Gasteiger partial charge in [0.1, 0.15) is 5.75 Å². The number of carbonyl (C=O) groups is 1. The van der Waals surface area contributed by atoms with Crippen LogP contribution < -0.4 is 5.32 Å². The second-order valence-electron chi connectivity index (χ2n) is 6.81. The molecule has 1 heterocycles. The van der Waals surface area contributed by atoms with Crippen molar-refractivity contribution in [3.05, 3.63) is 28.8 Å². The first-order chi connectivity index (χ1) is 11.7. The van der Waals surface area contributed by atoms with E-state index in [9.17, 15) is 23.1 Å². The number of halogens is 4. The second kappa shape index (κ2) is 7.03. The number of rotatable bonds is 3. The summed E-state index contributed by atoms with van der Waals surface area (Å²) in [5.41, 5.74) is 0.219. The van der Waals surface area contributed by atoms with Gasteiger partial charge in [-0.15, -0.1) is 0 Å². The zero-order valence-electron chi connectivity index (χ0n) is 13.5. The third-order valence-corrected chi connectivity index (χ3v) is 5.48. The van der Waals surface area contributed by atoms with E-state index in [1.165, 1.54) is 18.2 Å². The van der Waals surface area contributed by atoms with Crippen LogP contribution in [0.25, 0.3) is 0 Å². The molecule has 1 aromatic carbocycles. The Morgan fingerprint density at radius 1 is 1.24 bits per heavy atom. The van der Waals surface area contributed by atoms with Gasteiger partial charge in [0.15, 0.2) is 0 Å². The summed E-state index contributed by atoms with van der Waals surface area (Å²) in [6, 6.07) is 4.38. The summed E-state index contributed by atoms with van der Waals surface area (Å²) < 4.78 is 38.1. The number of benzene rings is 1. The van der Waals surface area contributed by atoms with Crippen molar-refractivity contribution < 1.29 is 23.1 Å². The van der Waals surface area contributed by atoms with Crippen LogP contribution in [0.1, 0.15) is 36.0 Å². The summed E-state index contributed by atoms with van der Waals surface area (Å²) >= 11 is 5.96. The predicted octanol–water partition coefficient (Wildman–Crippen LogP) is 3.58. The van der Waals surface area contributed by atoms with Crippen LogP contribution in [0.2, 0.25) is 5.02 Å². The van der Waals surface area contributed by atoms with Gasteiger partial charge in [0, 0.05) is 12.1 Å². The van der Waals surface area contributed by atoms with E-state index < -0.39 is 12.1 Å². The van der Waals surface area contributed by atoms with E-state index in [4.69, 9.17) is 11.6 Å². The van der Waals surface area contributed by atoms with Gasteiger partial charge in [-0.1, -0.05) is 11.6 Å². The normalized spacial score (nSPS) is 25.4. The van der Waals surface area contributed by atoms with Gasteiger partial charge in [0.2, 0.25) is 0 Å². The molecule has 1 saturated carbocycles. The second-order valence-corrected chi connectivity index (χ2v) is 7.22. The fourth-order valence-corrected chi connectivity index (χ4v) is 3.75. The average Bonchev–Trinajstić information content (AvgIpc) is 2.52. The number of phenols is 1. The maximum atomic E-state index is 12.7. The van der Waals surface area contributed by atoms with Crippen molar-refractivity contribution in [2.24, 2.45) is 5.92 Å². The Bertz CT molecular complexity index is 639. The number of alkyl halides is 3. The standard InChI is InChI=1S/C17H20ClF3N2O2/c18-15-2-1-13(24)9-14(15)16(25)22-11-7-12(8-11)23-5-3-10(4-6-23)17(19,20)21/h1-2,9-12,24H,3-8H2,(H,22,25). The molecule has 1 aliphatic carbocycles. The number of hydrogen-bond acceptors (Lipinski definition) is 3. The lowest BCUT2D eigenvalue weighted by atomic mass is 9.83. The average molecular weight is 377 g/mol. The fourth-order valence-electron chi connectivity index (χ4n) is 3.55. The number of hydrogen-bond donors (Lipinski definition) is 2. The molecule has 0 unspecified atom stereocenters. The summed E-state index contributed by atoms with van der Waals surface area (Å²) in [7, 11) is 0. The smallest absolute Gasteiger partial charge is 0.391 e. The minimum Gasteiger partial charge on any atom is -0.508 e. The first kappa shape index (κ1) is 18.3. The largest absolute Gasteiger partial charge is 0.508 e. The van der Waals surface area contributed by atoms with E-state index in [0.29, 0.717) is 13.1 Å². The summed E-state index contributed by atoms with van der Waals surface area (Å²) in [5.74, 6) is -1.57. The van der Waals surface area contributed by atoms with Gasteiger partial charge >= 0.3 is 6.18 Å². The zero-order chi connectivity index (χ0) is 18.2. The fraction of sp³-hybridized carbons (Fsp3) is 0.588. The van der Waals surface area contributed by atoms with Crippen LogP contribution in [0.5, 0.6) is 5.75 Å². The Labute approximate surface area is 148 Å². The summed E-state index contributed by atoms with van der Waals surface area (Å²) in [5, 5.41) is 12.6. The van der Waals surface area contributed by atoms with Crippen LogP contribution in [0.4, 0.5) is 13.2 Å². The molecule has 0 radical (unpaired) electrons. The number of phenolic OH excluding ortho intramolecular Hbond substituents is 1. The molecular weight excluding hydrogens is 357 g/mol. The van der Waals surface area contributed by atoms with Crippen molar-refractivity contribution in [1.29, 1.82) is 0 Å². The molecule has 2 fully saturated rings. The van der Waals surface area contributed by atoms with Gasteiger partial charge in [-0.05, 0) is 57.0 Å². The Hall–Kier alpha value is -1.47. The summed E-state index contributed by atoms with van der Waals surface area (Å²) in [6.07, 6.45) is -2.35. The monoisotopic (exact) mass is 376 g/mol. The molecule has 138 valence electrons. The van der Waals surface area contributed by atoms with Crippen molar-refractivity contribution >= 4 is 17.5 Å². The molecule has 1 saturated heterocycles. The van der Waals surface area contributed by atoms with E-state index in [1.54, 1.807) is 0 Å². The lowest BCUT2D eigenvalue weighted by Crippen LogP contribution is -2.56. The Kier molecular flexibility index (Phi) is 5.16. The molecule has 1 aliphatic heterocycles. The highest BCUT2D eigenvalue weighted by Crippen LogP contribution is 2.37. The van der Waals surface area contributed by atoms with Gasteiger partial charge in [-0.25, -0.2) is 0 Å². The first-order valence-corrected chi connectivity index (χ1v) is 8.72. The third-order valence-electron chi connectivity index (χ3n) is 5.15. The lowest BCUT2D eigenvalue weighted by molar-refractivity contribution is -0.187. The Morgan fingerprint density at radius 3 is 2.48 bits per heavy atom. The minimum absolute atomic E-state index is 0.0174. The van der Waals surface area contributed by atoms with Crippen molar-refractivity contribution in [1.82, 2.24) is 10.2 Å². The van der Waals surface area contributed by atoms with Crippen molar-refractivity contribution in [3.63, 3.8) is 0 Å². The Balaban J connectivity index is 1.46. The maximum absolute atomic E-state index is 12.7. The van der Waals surface area contributed by atoms with Crippen molar-refractivity contribution in [3.8, 4) is 5.75 Å². The van der Waals surface area contributed by atoms with Crippen molar-refractivity contribution in [2.45, 2.75) is 43.9 Å². The molecule has 3 rings (SSSR count). The predicted molar refractivity (Wildman–Crippen MR) is 87.7 cm³/mol. The number of amides is 1. The number of piperidine rings is 1. The third kappa shape index (κ3) is 4.20. The van der Waals surface area contributed by atoms with Crippen LogP contribution in [0.15, 0.2) is 18.2 Å². The molecule has 0 atom stereocenters.